The second kappa shape index (κ2) is 4.76. The van der Waals surface area contributed by atoms with Crippen LogP contribution in [0, 0.1) is 0 Å². The van der Waals surface area contributed by atoms with Gasteiger partial charge in [-0.3, -0.25) is 4.79 Å². The molecule has 1 unspecified atom stereocenters. The fourth-order valence-electron chi connectivity index (χ4n) is 1.76. The van der Waals surface area contributed by atoms with E-state index >= 15 is 0 Å². The number of Topliss-reactive ketones (excluding diaryl/α,β-unsaturated/α-hetero) is 1. The molecule has 1 aliphatic rings. The molecule has 1 fully saturated rings. The van der Waals surface area contributed by atoms with Gasteiger partial charge in [0, 0.05) is 16.3 Å². The zero-order valence-corrected chi connectivity index (χ0v) is 10.3. The largest absolute Gasteiger partial charge is 0.295 e. The zero-order valence-electron chi connectivity index (χ0n) is 8.71. The predicted molar refractivity (Wildman–Crippen MR) is 64.6 cm³/mol. The van der Waals surface area contributed by atoms with E-state index in [4.69, 9.17) is 11.6 Å². The molecule has 16 heavy (non-hydrogen) atoms. The fourth-order valence-corrected chi connectivity index (χ4v) is 3.00. The molecule has 2 rings (SSSR count). The number of alkyl halides is 1. The summed E-state index contributed by atoms with van der Waals surface area (Å²) >= 11 is 6.76. The van der Waals surface area contributed by atoms with Crippen LogP contribution < -0.4 is 0 Å². The number of halogens is 2. The molecule has 1 aliphatic carbocycles. The molecule has 1 saturated carbocycles. The second-order valence-electron chi connectivity index (χ2n) is 3.91. The quantitative estimate of drug-likeness (QED) is 0.789. The number of carbonyl (C=O) groups is 1. The Bertz CT molecular complexity index is 393. The van der Waals surface area contributed by atoms with E-state index in [1.165, 1.54) is 0 Å². The highest BCUT2D eigenvalue weighted by Crippen LogP contribution is 2.42. The van der Waals surface area contributed by atoms with E-state index in [1.54, 1.807) is 24.3 Å². The Balaban J connectivity index is 2.13. The average Bonchev–Trinajstić information content (AvgIpc) is 2.26. The zero-order chi connectivity index (χ0) is 11.6. The van der Waals surface area contributed by atoms with Crippen LogP contribution in [0.15, 0.2) is 29.2 Å². The third kappa shape index (κ3) is 2.58. The van der Waals surface area contributed by atoms with Gasteiger partial charge in [-0.1, -0.05) is 23.4 Å². The number of hydrogen-bond acceptors (Lipinski definition) is 2. The van der Waals surface area contributed by atoms with E-state index in [2.05, 4.69) is 0 Å². The fraction of sp³-hybridized carbons (Fsp3) is 0.417. The van der Waals surface area contributed by atoms with Gasteiger partial charge in [0.1, 0.15) is 0 Å². The Morgan fingerprint density at radius 3 is 2.56 bits per heavy atom. The van der Waals surface area contributed by atoms with Crippen LogP contribution in [0.25, 0.3) is 0 Å². The van der Waals surface area contributed by atoms with Crippen LogP contribution in [-0.4, -0.2) is 10.8 Å². The molecule has 0 amide bonds. The van der Waals surface area contributed by atoms with Gasteiger partial charge in [-0.05, 0) is 43.5 Å². The molecule has 0 radical (unpaired) electrons. The third-order valence-corrected chi connectivity index (χ3v) is 4.18. The number of thioether (sulfide) groups is 1. The Hall–Kier alpha value is -0.540. The van der Waals surface area contributed by atoms with Crippen LogP contribution in [0.1, 0.15) is 25.7 Å². The van der Waals surface area contributed by atoms with Crippen molar-refractivity contribution in [3.63, 3.8) is 0 Å². The van der Waals surface area contributed by atoms with Gasteiger partial charge in [0.15, 0.2) is 5.78 Å². The van der Waals surface area contributed by atoms with Crippen molar-refractivity contribution in [2.24, 2.45) is 0 Å². The second-order valence-corrected chi connectivity index (χ2v) is 5.67. The molecule has 0 spiro atoms. The molecule has 0 N–H and O–H groups in total. The maximum Gasteiger partial charge on any atom is 0.218 e. The number of benzene rings is 1. The molecule has 1 atom stereocenters. The molecule has 86 valence electrons. The van der Waals surface area contributed by atoms with Crippen LogP contribution in [0.4, 0.5) is 4.39 Å². The standard InChI is InChI=1S/C12H12ClFOS/c13-9-4-6-10(7-5-9)16-12(14)8-2-1-3-11(12)15/h4-7H,1-3,8H2. The molecule has 0 aromatic heterocycles. The monoisotopic (exact) mass is 258 g/mol. The van der Waals surface area contributed by atoms with E-state index in [0.29, 0.717) is 17.9 Å². The number of rotatable bonds is 2. The van der Waals surface area contributed by atoms with Gasteiger partial charge in [0.05, 0.1) is 0 Å². The number of ketones is 1. The molecule has 0 aliphatic heterocycles. The lowest BCUT2D eigenvalue weighted by atomic mass is 9.97. The number of carbonyl (C=O) groups excluding carboxylic acids is 1. The van der Waals surface area contributed by atoms with Gasteiger partial charge in [0.25, 0.3) is 0 Å². The molecule has 0 heterocycles. The topological polar surface area (TPSA) is 17.1 Å². The predicted octanol–water partition coefficient (Wildman–Crippen LogP) is 4.24. The van der Waals surface area contributed by atoms with Crippen LogP contribution in [-0.2, 0) is 4.79 Å². The molecular formula is C12H12ClFOS. The minimum Gasteiger partial charge on any atom is -0.295 e. The summed E-state index contributed by atoms with van der Waals surface area (Å²) in [6.07, 6.45) is 2.27. The summed E-state index contributed by atoms with van der Waals surface area (Å²) in [5.74, 6) is -0.279. The molecule has 0 saturated heterocycles. The highest BCUT2D eigenvalue weighted by Gasteiger charge is 2.40. The highest BCUT2D eigenvalue weighted by atomic mass is 35.5. The van der Waals surface area contributed by atoms with Crippen molar-refractivity contribution in [3.8, 4) is 0 Å². The average molecular weight is 259 g/mol. The lowest BCUT2D eigenvalue weighted by Gasteiger charge is -2.27. The van der Waals surface area contributed by atoms with Crippen LogP contribution >= 0.6 is 23.4 Å². The first kappa shape index (κ1) is 11.9. The summed E-state index contributed by atoms with van der Waals surface area (Å²) < 4.78 is 14.3. The first-order chi connectivity index (χ1) is 7.60. The highest BCUT2D eigenvalue weighted by molar-refractivity contribution is 8.01. The van der Waals surface area contributed by atoms with Gasteiger partial charge < -0.3 is 0 Å². The SMILES string of the molecule is O=C1CCCCC1(F)Sc1ccc(Cl)cc1. The molecule has 0 bridgehead atoms. The minimum atomic E-state index is -1.73. The van der Waals surface area contributed by atoms with E-state index in [-0.39, 0.29) is 5.78 Å². The van der Waals surface area contributed by atoms with Crippen LogP contribution in [0.5, 0.6) is 0 Å². The van der Waals surface area contributed by atoms with Crippen molar-refractivity contribution in [1.82, 2.24) is 0 Å². The molecule has 1 aromatic carbocycles. The third-order valence-electron chi connectivity index (χ3n) is 2.66. The Morgan fingerprint density at radius 2 is 1.94 bits per heavy atom. The number of hydrogen-bond donors (Lipinski definition) is 0. The van der Waals surface area contributed by atoms with Crippen molar-refractivity contribution < 1.29 is 9.18 Å². The maximum atomic E-state index is 14.3. The minimum absolute atomic E-state index is 0.279. The molecule has 1 aromatic rings. The Kier molecular flexibility index (Phi) is 3.55. The van der Waals surface area contributed by atoms with E-state index in [9.17, 15) is 9.18 Å². The molecule has 1 nitrogen and oxygen atoms in total. The van der Waals surface area contributed by atoms with Crippen molar-refractivity contribution in [3.05, 3.63) is 29.3 Å². The Morgan fingerprint density at radius 1 is 1.25 bits per heavy atom. The van der Waals surface area contributed by atoms with Crippen molar-refractivity contribution in [2.75, 3.05) is 0 Å². The normalized spacial score (nSPS) is 25.8. The lowest BCUT2D eigenvalue weighted by molar-refractivity contribution is -0.127. The summed E-state index contributed by atoms with van der Waals surface area (Å²) in [5, 5.41) is -1.11. The lowest BCUT2D eigenvalue weighted by Crippen LogP contribution is -2.33. The maximum absolute atomic E-state index is 14.3. The van der Waals surface area contributed by atoms with Crippen LogP contribution in [0.3, 0.4) is 0 Å². The van der Waals surface area contributed by atoms with Gasteiger partial charge in [-0.25, -0.2) is 4.39 Å². The smallest absolute Gasteiger partial charge is 0.218 e. The summed E-state index contributed by atoms with van der Waals surface area (Å²) in [4.78, 5) is 12.3. The summed E-state index contributed by atoms with van der Waals surface area (Å²) in [7, 11) is 0. The van der Waals surface area contributed by atoms with E-state index < -0.39 is 5.00 Å². The van der Waals surface area contributed by atoms with Gasteiger partial charge in [-0.2, -0.15) is 0 Å². The first-order valence-corrected chi connectivity index (χ1v) is 6.46. The van der Waals surface area contributed by atoms with Crippen molar-refractivity contribution in [2.45, 2.75) is 35.6 Å². The van der Waals surface area contributed by atoms with E-state index in [0.717, 1.165) is 29.5 Å². The van der Waals surface area contributed by atoms with E-state index in [1.807, 2.05) is 0 Å². The molecular weight excluding hydrogens is 247 g/mol. The summed E-state index contributed by atoms with van der Waals surface area (Å²) in [5.41, 5.74) is 0. The van der Waals surface area contributed by atoms with Crippen molar-refractivity contribution in [1.29, 1.82) is 0 Å². The van der Waals surface area contributed by atoms with Gasteiger partial charge >= 0.3 is 0 Å². The Labute approximate surface area is 103 Å². The molecule has 4 heteroatoms. The van der Waals surface area contributed by atoms with Crippen LogP contribution in [0.2, 0.25) is 5.02 Å². The van der Waals surface area contributed by atoms with Gasteiger partial charge in [0.2, 0.25) is 5.00 Å². The first-order valence-electron chi connectivity index (χ1n) is 5.27. The van der Waals surface area contributed by atoms with Gasteiger partial charge in [-0.15, -0.1) is 0 Å². The summed E-state index contributed by atoms with van der Waals surface area (Å²) in [6.45, 7) is 0. The van der Waals surface area contributed by atoms with Crippen molar-refractivity contribution >= 4 is 29.1 Å². The summed E-state index contributed by atoms with van der Waals surface area (Å²) in [6, 6.07) is 6.91.